The number of fused-ring (bicyclic) bond motifs is 1. The quantitative estimate of drug-likeness (QED) is 0.449. The number of hydrogen-bond donors (Lipinski definition) is 0. The van der Waals surface area contributed by atoms with Crippen LogP contribution in [0.3, 0.4) is 0 Å². The molecule has 0 saturated carbocycles. The van der Waals surface area contributed by atoms with Crippen LogP contribution >= 0.6 is 0 Å². The van der Waals surface area contributed by atoms with Gasteiger partial charge in [-0.25, -0.2) is 4.79 Å². The molecule has 0 aliphatic rings. The van der Waals surface area contributed by atoms with E-state index in [0.29, 0.717) is 12.2 Å². The fourth-order valence-electron chi connectivity index (χ4n) is 2.75. The van der Waals surface area contributed by atoms with Gasteiger partial charge in [0, 0.05) is 17.5 Å². The zero-order chi connectivity index (χ0) is 18.2. The summed E-state index contributed by atoms with van der Waals surface area (Å²) in [6.45, 7) is 8.98. The molecule has 0 atom stereocenters. The third-order valence-corrected chi connectivity index (χ3v) is 4.09. The lowest BCUT2D eigenvalue weighted by Gasteiger charge is -2.08. The standard InChI is InChI=1S/C22H28O3/c1-5-7-18-14-22(23)25-21-15-19(10-11-20(18)21)24-13-12-17(4)9-6-8-16(2)3/h8,10-12,14-15H,5-7,9,13H2,1-4H3/b17-12+. The molecule has 1 aromatic carbocycles. The number of ether oxygens (including phenoxy) is 1. The van der Waals surface area contributed by atoms with E-state index in [-0.39, 0.29) is 5.63 Å². The number of rotatable bonds is 8. The van der Waals surface area contributed by atoms with E-state index in [1.165, 1.54) is 11.1 Å². The van der Waals surface area contributed by atoms with Gasteiger partial charge in [-0.2, -0.15) is 0 Å². The lowest BCUT2D eigenvalue weighted by molar-refractivity contribution is 0.361. The Morgan fingerprint density at radius 3 is 2.68 bits per heavy atom. The van der Waals surface area contributed by atoms with Gasteiger partial charge in [-0.05, 0) is 63.8 Å². The Morgan fingerprint density at radius 2 is 1.96 bits per heavy atom. The Bertz CT molecular complexity index is 821. The monoisotopic (exact) mass is 340 g/mol. The van der Waals surface area contributed by atoms with Crippen LogP contribution in [0.25, 0.3) is 11.0 Å². The molecular weight excluding hydrogens is 312 g/mol. The van der Waals surface area contributed by atoms with Gasteiger partial charge in [0.25, 0.3) is 0 Å². The number of allylic oxidation sites excluding steroid dienone is 3. The van der Waals surface area contributed by atoms with Crippen molar-refractivity contribution in [1.82, 2.24) is 0 Å². The average Bonchev–Trinajstić information content (AvgIpc) is 2.54. The maximum Gasteiger partial charge on any atom is 0.336 e. The molecule has 0 aliphatic heterocycles. The molecule has 0 radical (unpaired) electrons. The summed E-state index contributed by atoms with van der Waals surface area (Å²) in [4.78, 5) is 11.7. The van der Waals surface area contributed by atoms with E-state index in [9.17, 15) is 4.79 Å². The van der Waals surface area contributed by atoms with E-state index in [4.69, 9.17) is 9.15 Å². The van der Waals surface area contributed by atoms with Crippen molar-refractivity contribution in [2.24, 2.45) is 0 Å². The SMILES string of the molecule is CCCc1cc(=O)oc2cc(OC/C=C(\C)CCC=C(C)C)ccc12. The van der Waals surface area contributed by atoms with Gasteiger partial charge < -0.3 is 9.15 Å². The van der Waals surface area contributed by atoms with Gasteiger partial charge in [-0.1, -0.05) is 30.6 Å². The van der Waals surface area contributed by atoms with Crippen molar-refractivity contribution in [3.63, 3.8) is 0 Å². The number of aryl methyl sites for hydroxylation is 1. The highest BCUT2D eigenvalue weighted by Gasteiger charge is 2.06. The summed E-state index contributed by atoms with van der Waals surface area (Å²) in [5, 5.41) is 0.988. The second-order valence-electron chi connectivity index (χ2n) is 6.68. The van der Waals surface area contributed by atoms with Crippen LogP contribution in [0, 0.1) is 0 Å². The zero-order valence-corrected chi connectivity index (χ0v) is 15.7. The summed E-state index contributed by atoms with van der Waals surface area (Å²) < 4.78 is 11.1. The van der Waals surface area contributed by atoms with Gasteiger partial charge in [0.2, 0.25) is 0 Å². The smallest absolute Gasteiger partial charge is 0.336 e. The summed E-state index contributed by atoms with van der Waals surface area (Å²) >= 11 is 0. The predicted molar refractivity (Wildman–Crippen MR) is 104 cm³/mol. The summed E-state index contributed by atoms with van der Waals surface area (Å²) in [5.74, 6) is 0.720. The molecule has 0 unspecified atom stereocenters. The Balaban J connectivity index is 2.04. The normalized spacial score (nSPS) is 11.6. The number of hydrogen-bond acceptors (Lipinski definition) is 3. The highest BCUT2D eigenvalue weighted by atomic mass is 16.5. The Morgan fingerprint density at radius 1 is 1.16 bits per heavy atom. The van der Waals surface area contributed by atoms with Crippen molar-refractivity contribution in [1.29, 1.82) is 0 Å². The molecule has 0 saturated heterocycles. The van der Waals surface area contributed by atoms with E-state index in [0.717, 1.165) is 42.4 Å². The first-order valence-corrected chi connectivity index (χ1v) is 8.98. The first kappa shape index (κ1) is 19.0. The molecule has 3 nitrogen and oxygen atoms in total. The predicted octanol–water partition coefficient (Wildman–Crippen LogP) is 5.82. The van der Waals surface area contributed by atoms with Crippen LogP contribution in [0.1, 0.15) is 52.5 Å². The first-order valence-electron chi connectivity index (χ1n) is 8.98. The third-order valence-electron chi connectivity index (χ3n) is 4.09. The maximum atomic E-state index is 11.7. The van der Waals surface area contributed by atoms with Crippen LogP contribution in [0.15, 0.2) is 56.8 Å². The highest BCUT2D eigenvalue weighted by molar-refractivity contribution is 5.81. The first-order chi connectivity index (χ1) is 12.0. The molecule has 0 fully saturated rings. The van der Waals surface area contributed by atoms with E-state index in [2.05, 4.69) is 39.8 Å². The molecule has 0 aliphatic carbocycles. The molecule has 1 heterocycles. The molecular formula is C22H28O3. The van der Waals surface area contributed by atoms with E-state index < -0.39 is 0 Å². The topological polar surface area (TPSA) is 39.4 Å². The molecule has 2 rings (SSSR count). The fourth-order valence-corrected chi connectivity index (χ4v) is 2.75. The van der Waals surface area contributed by atoms with Crippen LogP contribution in [0.5, 0.6) is 5.75 Å². The molecule has 0 N–H and O–H groups in total. The molecule has 25 heavy (non-hydrogen) atoms. The molecule has 134 valence electrons. The van der Waals surface area contributed by atoms with Crippen molar-refractivity contribution < 1.29 is 9.15 Å². The molecule has 3 heteroatoms. The lowest BCUT2D eigenvalue weighted by Crippen LogP contribution is -2.01. The number of benzene rings is 1. The van der Waals surface area contributed by atoms with Crippen molar-refractivity contribution in [2.45, 2.75) is 53.4 Å². The Kier molecular flexibility index (Phi) is 7.05. The summed E-state index contributed by atoms with van der Waals surface area (Å²) in [7, 11) is 0. The van der Waals surface area contributed by atoms with Crippen molar-refractivity contribution in [3.05, 3.63) is 63.5 Å². The van der Waals surface area contributed by atoms with Gasteiger partial charge in [-0.15, -0.1) is 0 Å². The van der Waals surface area contributed by atoms with Crippen molar-refractivity contribution in [2.75, 3.05) is 6.61 Å². The van der Waals surface area contributed by atoms with Gasteiger partial charge in [0.1, 0.15) is 17.9 Å². The van der Waals surface area contributed by atoms with E-state index in [1.54, 1.807) is 6.07 Å². The average molecular weight is 340 g/mol. The van der Waals surface area contributed by atoms with Crippen LogP contribution < -0.4 is 10.4 Å². The minimum atomic E-state index is -0.303. The highest BCUT2D eigenvalue weighted by Crippen LogP contribution is 2.23. The van der Waals surface area contributed by atoms with Crippen LogP contribution in [0.4, 0.5) is 0 Å². The summed E-state index contributed by atoms with van der Waals surface area (Å²) in [6, 6.07) is 7.31. The van der Waals surface area contributed by atoms with E-state index in [1.807, 2.05) is 18.2 Å². The molecule has 2 aromatic rings. The lowest BCUT2D eigenvalue weighted by atomic mass is 10.1. The van der Waals surface area contributed by atoms with Crippen LogP contribution in [-0.4, -0.2) is 6.61 Å². The summed E-state index contributed by atoms with van der Waals surface area (Å²) in [6.07, 6.45) is 8.32. The van der Waals surface area contributed by atoms with Crippen LogP contribution in [0.2, 0.25) is 0 Å². The van der Waals surface area contributed by atoms with Gasteiger partial charge in [0.05, 0.1) is 0 Å². The van der Waals surface area contributed by atoms with Gasteiger partial charge in [-0.3, -0.25) is 0 Å². The fraction of sp³-hybridized carbons (Fsp3) is 0.409. The van der Waals surface area contributed by atoms with Crippen molar-refractivity contribution >= 4 is 11.0 Å². The maximum absolute atomic E-state index is 11.7. The molecule has 0 amide bonds. The largest absolute Gasteiger partial charge is 0.489 e. The van der Waals surface area contributed by atoms with Gasteiger partial charge >= 0.3 is 5.63 Å². The van der Waals surface area contributed by atoms with Crippen molar-refractivity contribution in [3.8, 4) is 5.75 Å². The Labute approximate surface area is 150 Å². The zero-order valence-electron chi connectivity index (χ0n) is 15.7. The molecule has 0 spiro atoms. The van der Waals surface area contributed by atoms with Crippen LogP contribution in [-0.2, 0) is 6.42 Å². The minimum Gasteiger partial charge on any atom is -0.489 e. The van der Waals surface area contributed by atoms with E-state index >= 15 is 0 Å². The van der Waals surface area contributed by atoms with Gasteiger partial charge in [0.15, 0.2) is 0 Å². The summed E-state index contributed by atoms with van der Waals surface area (Å²) in [5.41, 5.74) is 4.00. The minimum absolute atomic E-state index is 0.303. The second-order valence-corrected chi connectivity index (χ2v) is 6.68. The second kappa shape index (κ2) is 9.26. The third kappa shape index (κ3) is 5.93. The molecule has 1 aromatic heterocycles. The molecule has 0 bridgehead atoms. The Hall–Kier alpha value is -2.29.